The molecule has 0 saturated carbocycles. The van der Waals surface area contributed by atoms with E-state index in [4.69, 9.17) is 25.8 Å². The summed E-state index contributed by atoms with van der Waals surface area (Å²) in [6.45, 7) is 5.16. The number of halogens is 1. The van der Waals surface area contributed by atoms with Gasteiger partial charge in [0.2, 0.25) is 0 Å². The third kappa shape index (κ3) is 4.97. The van der Waals surface area contributed by atoms with E-state index in [1.165, 1.54) is 18.4 Å². The Hall–Kier alpha value is -1.95. The molecule has 156 valence electrons. The number of nitrogens with zero attached hydrogens (tertiary/aromatic N) is 1. The number of likely N-dealkylation sites (tertiary alicyclic amines) is 1. The van der Waals surface area contributed by atoms with E-state index in [0.717, 1.165) is 49.7 Å². The maximum absolute atomic E-state index is 6.44. The molecule has 1 unspecified atom stereocenters. The average molecular weight is 417 g/mol. The molecule has 5 nitrogen and oxygen atoms in total. The van der Waals surface area contributed by atoms with Gasteiger partial charge in [-0.3, -0.25) is 4.90 Å². The first kappa shape index (κ1) is 20.3. The molecule has 0 amide bonds. The third-order valence-corrected chi connectivity index (χ3v) is 5.87. The molecule has 0 bridgehead atoms. The molecule has 2 aromatic carbocycles. The Morgan fingerprint density at radius 1 is 1.10 bits per heavy atom. The Bertz CT molecular complexity index is 824. The van der Waals surface area contributed by atoms with Gasteiger partial charge in [0, 0.05) is 25.6 Å². The second kappa shape index (κ2) is 9.70. The molecule has 0 aliphatic carbocycles. The second-order valence-electron chi connectivity index (χ2n) is 7.62. The van der Waals surface area contributed by atoms with Gasteiger partial charge >= 0.3 is 0 Å². The van der Waals surface area contributed by atoms with E-state index in [-0.39, 0.29) is 0 Å². The highest BCUT2D eigenvalue weighted by atomic mass is 35.5. The number of fused-ring (bicyclic) bond motifs is 1. The molecule has 1 N–H and O–H groups in total. The second-order valence-corrected chi connectivity index (χ2v) is 8.03. The van der Waals surface area contributed by atoms with E-state index in [2.05, 4.69) is 28.4 Å². The van der Waals surface area contributed by atoms with Crippen LogP contribution in [-0.2, 0) is 6.54 Å². The van der Waals surface area contributed by atoms with Crippen molar-refractivity contribution in [1.29, 1.82) is 0 Å². The fourth-order valence-electron chi connectivity index (χ4n) is 4.10. The lowest BCUT2D eigenvalue weighted by Gasteiger charge is -2.28. The standard InChI is InChI=1S/C23H29ClN2O3/c1-27-19-7-4-6-18(14-19)21(26-8-2-3-9-26)16-25-15-17-12-20(24)23-22(13-17)28-10-5-11-29-23/h4,6-7,12-14,21,25H,2-3,5,8-11,15-16H2,1H3. The van der Waals surface area contributed by atoms with Crippen molar-refractivity contribution in [3.8, 4) is 17.2 Å². The van der Waals surface area contributed by atoms with Crippen molar-refractivity contribution in [3.63, 3.8) is 0 Å². The number of rotatable bonds is 7. The third-order valence-electron chi connectivity index (χ3n) is 5.59. The van der Waals surface area contributed by atoms with Crippen LogP contribution in [0.15, 0.2) is 36.4 Å². The quantitative estimate of drug-likeness (QED) is 0.722. The number of methoxy groups -OCH3 is 1. The van der Waals surface area contributed by atoms with Crippen LogP contribution in [-0.4, -0.2) is 44.9 Å². The van der Waals surface area contributed by atoms with Gasteiger partial charge in [0.1, 0.15) is 5.75 Å². The van der Waals surface area contributed by atoms with Crippen LogP contribution in [0.25, 0.3) is 0 Å². The Balaban J connectivity index is 1.45. The number of nitrogens with one attached hydrogen (secondary N) is 1. The number of hydrogen-bond donors (Lipinski definition) is 1. The maximum Gasteiger partial charge on any atom is 0.179 e. The summed E-state index contributed by atoms with van der Waals surface area (Å²) in [6.07, 6.45) is 3.40. The molecule has 2 aliphatic rings. The maximum atomic E-state index is 6.44. The molecule has 1 fully saturated rings. The van der Waals surface area contributed by atoms with Crippen LogP contribution >= 0.6 is 11.6 Å². The molecule has 0 aromatic heterocycles. The highest BCUT2D eigenvalue weighted by Gasteiger charge is 2.24. The van der Waals surface area contributed by atoms with Gasteiger partial charge in [0.05, 0.1) is 25.3 Å². The minimum Gasteiger partial charge on any atom is -0.497 e. The minimum atomic E-state index is 0.323. The van der Waals surface area contributed by atoms with Crippen molar-refractivity contribution >= 4 is 11.6 Å². The largest absolute Gasteiger partial charge is 0.497 e. The van der Waals surface area contributed by atoms with Crippen LogP contribution in [0.2, 0.25) is 5.02 Å². The molecule has 29 heavy (non-hydrogen) atoms. The van der Waals surface area contributed by atoms with Gasteiger partial charge in [-0.15, -0.1) is 0 Å². The lowest BCUT2D eigenvalue weighted by Crippen LogP contribution is -2.34. The summed E-state index contributed by atoms with van der Waals surface area (Å²) in [7, 11) is 1.72. The molecular formula is C23H29ClN2O3. The van der Waals surface area contributed by atoms with E-state index in [1.54, 1.807) is 7.11 Å². The smallest absolute Gasteiger partial charge is 0.179 e. The van der Waals surface area contributed by atoms with Crippen LogP contribution in [0.1, 0.15) is 36.4 Å². The summed E-state index contributed by atoms with van der Waals surface area (Å²) < 4.78 is 17.0. The molecule has 1 atom stereocenters. The Morgan fingerprint density at radius 3 is 2.76 bits per heavy atom. The minimum absolute atomic E-state index is 0.323. The van der Waals surface area contributed by atoms with Crippen molar-refractivity contribution < 1.29 is 14.2 Å². The van der Waals surface area contributed by atoms with Crippen LogP contribution < -0.4 is 19.5 Å². The van der Waals surface area contributed by atoms with Gasteiger partial charge in [-0.1, -0.05) is 23.7 Å². The molecule has 2 heterocycles. The lowest BCUT2D eigenvalue weighted by molar-refractivity contribution is 0.238. The van der Waals surface area contributed by atoms with Gasteiger partial charge in [-0.25, -0.2) is 0 Å². The number of ether oxygens (including phenoxy) is 3. The first-order valence-electron chi connectivity index (χ1n) is 10.4. The molecule has 0 spiro atoms. The van der Waals surface area contributed by atoms with E-state index < -0.39 is 0 Å². The predicted octanol–water partition coefficient (Wildman–Crippen LogP) is 4.44. The zero-order valence-electron chi connectivity index (χ0n) is 17.0. The van der Waals surface area contributed by atoms with Gasteiger partial charge in [-0.05, 0) is 61.3 Å². The summed E-state index contributed by atoms with van der Waals surface area (Å²) in [4.78, 5) is 2.56. The summed E-state index contributed by atoms with van der Waals surface area (Å²) in [6, 6.07) is 12.7. The normalized spacial score (nSPS) is 17.7. The van der Waals surface area contributed by atoms with Crippen molar-refractivity contribution in [1.82, 2.24) is 10.2 Å². The van der Waals surface area contributed by atoms with Gasteiger partial charge in [0.15, 0.2) is 11.5 Å². The fraction of sp³-hybridized carbons (Fsp3) is 0.478. The molecule has 4 rings (SSSR count). The van der Waals surface area contributed by atoms with Crippen LogP contribution in [0.4, 0.5) is 0 Å². The summed E-state index contributed by atoms with van der Waals surface area (Å²) in [5.74, 6) is 2.32. The summed E-state index contributed by atoms with van der Waals surface area (Å²) in [5, 5.41) is 4.24. The van der Waals surface area contributed by atoms with Crippen LogP contribution in [0.3, 0.4) is 0 Å². The highest BCUT2D eigenvalue weighted by molar-refractivity contribution is 6.32. The molecule has 1 saturated heterocycles. The fourth-order valence-corrected chi connectivity index (χ4v) is 4.39. The topological polar surface area (TPSA) is 43.0 Å². The summed E-state index contributed by atoms with van der Waals surface area (Å²) >= 11 is 6.44. The summed E-state index contributed by atoms with van der Waals surface area (Å²) in [5.41, 5.74) is 2.39. The lowest BCUT2D eigenvalue weighted by atomic mass is 10.0. The zero-order valence-corrected chi connectivity index (χ0v) is 17.7. The predicted molar refractivity (Wildman–Crippen MR) is 115 cm³/mol. The van der Waals surface area contributed by atoms with Crippen molar-refractivity contribution in [2.24, 2.45) is 0 Å². The SMILES string of the molecule is COc1cccc(C(CNCc2cc(Cl)c3c(c2)OCCCO3)N2CCCC2)c1. The van der Waals surface area contributed by atoms with Gasteiger partial charge < -0.3 is 19.5 Å². The molecule has 2 aliphatic heterocycles. The van der Waals surface area contributed by atoms with E-state index >= 15 is 0 Å². The van der Waals surface area contributed by atoms with Gasteiger partial charge in [0.25, 0.3) is 0 Å². The molecule has 0 radical (unpaired) electrons. The number of benzene rings is 2. The van der Waals surface area contributed by atoms with Gasteiger partial charge in [-0.2, -0.15) is 0 Å². The van der Waals surface area contributed by atoms with E-state index in [0.29, 0.717) is 30.0 Å². The van der Waals surface area contributed by atoms with Crippen molar-refractivity contribution in [3.05, 3.63) is 52.5 Å². The van der Waals surface area contributed by atoms with Crippen molar-refractivity contribution in [2.75, 3.05) is 40.0 Å². The highest BCUT2D eigenvalue weighted by Crippen LogP contribution is 2.38. The van der Waals surface area contributed by atoms with E-state index in [9.17, 15) is 0 Å². The first-order chi connectivity index (χ1) is 14.2. The molecule has 6 heteroatoms. The first-order valence-corrected chi connectivity index (χ1v) is 10.8. The molecular weight excluding hydrogens is 388 g/mol. The Kier molecular flexibility index (Phi) is 6.80. The zero-order chi connectivity index (χ0) is 20.1. The van der Waals surface area contributed by atoms with Crippen LogP contribution in [0.5, 0.6) is 17.2 Å². The number of hydrogen-bond acceptors (Lipinski definition) is 5. The molecule has 2 aromatic rings. The monoisotopic (exact) mass is 416 g/mol. The Labute approximate surface area is 177 Å². The van der Waals surface area contributed by atoms with Crippen LogP contribution in [0, 0.1) is 0 Å². The Morgan fingerprint density at radius 2 is 1.93 bits per heavy atom. The average Bonchev–Trinajstić information content (AvgIpc) is 3.16. The van der Waals surface area contributed by atoms with E-state index in [1.807, 2.05) is 18.2 Å². The van der Waals surface area contributed by atoms with Crippen molar-refractivity contribution in [2.45, 2.75) is 31.8 Å².